The Kier molecular flexibility index (Phi) is 2.23. The number of esters is 1. The van der Waals surface area contributed by atoms with Gasteiger partial charge in [0.2, 0.25) is 0 Å². The molecule has 2 heterocycles. The summed E-state index contributed by atoms with van der Waals surface area (Å²) in [6.07, 6.45) is 9.59. The Bertz CT molecular complexity index is 380. The Morgan fingerprint density at radius 1 is 1.38 bits per heavy atom. The van der Waals surface area contributed by atoms with Crippen molar-refractivity contribution >= 4 is 5.97 Å². The van der Waals surface area contributed by atoms with E-state index in [2.05, 4.69) is 9.97 Å². The van der Waals surface area contributed by atoms with Crippen LogP contribution in [0.4, 0.5) is 0 Å². The van der Waals surface area contributed by atoms with Crippen molar-refractivity contribution in [2.45, 2.75) is 50.0 Å². The quantitative estimate of drug-likeness (QED) is 0.738. The summed E-state index contributed by atoms with van der Waals surface area (Å²) in [5.74, 6) is 0.129. The van der Waals surface area contributed by atoms with Crippen molar-refractivity contribution in [1.29, 1.82) is 0 Å². The van der Waals surface area contributed by atoms with E-state index in [1.807, 2.05) is 6.20 Å². The highest BCUT2D eigenvalue weighted by Crippen LogP contribution is 2.48. The predicted octanol–water partition coefficient (Wildman–Crippen LogP) is 2.14. The molecule has 1 N–H and O–H groups in total. The van der Waals surface area contributed by atoms with Gasteiger partial charge in [-0.2, -0.15) is 0 Å². The Morgan fingerprint density at radius 3 is 2.88 bits per heavy atom. The van der Waals surface area contributed by atoms with Crippen molar-refractivity contribution in [1.82, 2.24) is 9.97 Å². The summed E-state index contributed by atoms with van der Waals surface area (Å²) in [5.41, 5.74) is 0.815. The largest absolute Gasteiger partial charge is 0.458 e. The number of aromatic amines is 1. The van der Waals surface area contributed by atoms with Gasteiger partial charge in [-0.05, 0) is 25.7 Å². The molecule has 0 amide bonds. The van der Waals surface area contributed by atoms with Gasteiger partial charge < -0.3 is 9.72 Å². The highest BCUT2D eigenvalue weighted by atomic mass is 16.6. The predicted molar refractivity (Wildman–Crippen MR) is 57.9 cm³/mol. The van der Waals surface area contributed by atoms with Crippen molar-refractivity contribution < 1.29 is 9.53 Å². The average molecular weight is 220 g/mol. The van der Waals surface area contributed by atoms with Gasteiger partial charge in [-0.3, -0.25) is 4.79 Å². The van der Waals surface area contributed by atoms with Crippen LogP contribution >= 0.6 is 0 Å². The van der Waals surface area contributed by atoms with Gasteiger partial charge in [-0.15, -0.1) is 0 Å². The summed E-state index contributed by atoms with van der Waals surface area (Å²) < 4.78 is 5.64. The molecule has 1 aliphatic heterocycles. The van der Waals surface area contributed by atoms with Crippen LogP contribution in [0.15, 0.2) is 12.5 Å². The number of nitrogens with one attached hydrogen (secondary N) is 1. The van der Waals surface area contributed by atoms with Crippen LogP contribution in [0.5, 0.6) is 0 Å². The van der Waals surface area contributed by atoms with Crippen LogP contribution in [-0.2, 0) is 9.53 Å². The molecule has 4 nitrogen and oxygen atoms in total. The Morgan fingerprint density at radius 2 is 2.19 bits per heavy atom. The maximum absolute atomic E-state index is 11.6. The lowest BCUT2D eigenvalue weighted by molar-refractivity contribution is -0.151. The Hall–Kier alpha value is -1.32. The summed E-state index contributed by atoms with van der Waals surface area (Å²) in [7, 11) is 0. The molecule has 16 heavy (non-hydrogen) atoms. The molecule has 1 aromatic heterocycles. The van der Waals surface area contributed by atoms with Crippen LogP contribution in [0.25, 0.3) is 0 Å². The third kappa shape index (κ3) is 1.44. The van der Waals surface area contributed by atoms with Gasteiger partial charge in [0.1, 0.15) is 5.60 Å². The van der Waals surface area contributed by atoms with Gasteiger partial charge in [0.25, 0.3) is 0 Å². The van der Waals surface area contributed by atoms with E-state index in [9.17, 15) is 4.79 Å². The van der Waals surface area contributed by atoms with Gasteiger partial charge >= 0.3 is 5.97 Å². The molecule has 2 fully saturated rings. The number of hydrogen-bond acceptors (Lipinski definition) is 3. The zero-order valence-corrected chi connectivity index (χ0v) is 9.24. The maximum atomic E-state index is 11.6. The lowest BCUT2D eigenvalue weighted by atomic mass is 9.74. The van der Waals surface area contributed by atoms with Crippen LogP contribution in [0, 0.1) is 0 Å². The second-order valence-corrected chi connectivity index (χ2v) is 4.86. The molecule has 1 saturated carbocycles. The number of H-pyrrole nitrogens is 1. The number of imidazole rings is 1. The lowest BCUT2D eigenvalue weighted by Crippen LogP contribution is -2.36. The third-order valence-electron chi connectivity index (χ3n) is 3.92. The SMILES string of the molecule is O=C1C[C@H](c2cnc[nH]2)C2(CCCCC2)O1. The normalized spacial score (nSPS) is 28.2. The Labute approximate surface area is 94.4 Å². The number of hydrogen-bond donors (Lipinski definition) is 1. The average Bonchev–Trinajstić information content (AvgIpc) is 2.88. The van der Waals surface area contributed by atoms with Gasteiger partial charge in [0, 0.05) is 11.9 Å². The fourth-order valence-corrected chi connectivity index (χ4v) is 3.14. The second kappa shape index (κ2) is 3.61. The first-order valence-electron chi connectivity index (χ1n) is 6.00. The number of rotatable bonds is 1. The molecule has 0 bridgehead atoms. The first-order chi connectivity index (χ1) is 7.80. The molecule has 3 rings (SSSR count). The standard InChI is InChI=1S/C12H16N2O2/c15-11-6-9(10-7-13-8-14-10)12(16-11)4-2-1-3-5-12/h7-9H,1-6H2,(H,13,14)/t9-/m1/s1. The Balaban J connectivity index is 1.93. The van der Waals surface area contributed by atoms with Gasteiger partial charge in [-0.1, -0.05) is 6.42 Å². The molecule has 1 aromatic rings. The molecule has 1 atom stereocenters. The van der Waals surface area contributed by atoms with Gasteiger partial charge in [-0.25, -0.2) is 4.98 Å². The summed E-state index contributed by atoms with van der Waals surface area (Å²) >= 11 is 0. The van der Waals surface area contributed by atoms with Crippen molar-refractivity contribution in [2.24, 2.45) is 0 Å². The van der Waals surface area contributed by atoms with E-state index in [0.717, 1.165) is 31.4 Å². The van der Waals surface area contributed by atoms with Crippen molar-refractivity contribution in [3.8, 4) is 0 Å². The fourth-order valence-electron chi connectivity index (χ4n) is 3.14. The van der Waals surface area contributed by atoms with Gasteiger partial charge in [0.05, 0.1) is 18.7 Å². The first kappa shape index (κ1) is 9.87. The maximum Gasteiger partial charge on any atom is 0.307 e. The van der Waals surface area contributed by atoms with E-state index in [-0.39, 0.29) is 17.5 Å². The minimum atomic E-state index is -0.234. The minimum Gasteiger partial charge on any atom is -0.458 e. The molecule has 1 spiro atoms. The topological polar surface area (TPSA) is 55.0 Å². The van der Waals surface area contributed by atoms with Crippen LogP contribution in [0.1, 0.15) is 50.1 Å². The summed E-state index contributed by atoms with van der Waals surface area (Å²) in [6.45, 7) is 0. The zero-order chi connectivity index (χ0) is 11.0. The highest BCUT2D eigenvalue weighted by molar-refractivity contribution is 5.74. The van der Waals surface area contributed by atoms with Crippen molar-refractivity contribution in [3.63, 3.8) is 0 Å². The molecular formula is C12H16N2O2. The summed E-state index contributed by atoms with van der Waals surface area (Å²) in [4.78, 5) is 18.7. The molecule has 0 unspecified atom stereocenters. The zero-order valence-electron chi connectivity index (χ0n) is 9.24. The monoisotopic (exact) mass is 220 g/mol. The summed E-state index contributed by atoms with van der Waals surface area (Å²) in [5, 5.41) is 0. The van der Waals surface area contributed by atoms with Crippen LogP contribution in [-0.4, -0.2) is 21.5 Å². The molecule has 86 valence electrons. The minimum absolute atomic E-state index is 0.0542. The first-order valence-corrected chi connectivity index (χ1v) is 6.00. The van der Waals surface area contributed by atoms with E-state index < -0.39 is 0 Å². The van der Waals surface area contributed by atoms with E-state index in [4.69, 9.17) is 4.74 Å². The van der Waals surface area contributed by atoms with Crippen LogP contribution in [0.3, 0.4) is 0 Å². The van der Waals surface area contributed by atoms with E-state index in [0.29, 0.717) is 6.42 Å². The van der Waals surface area contributed by atoms with E-state index in [1.165, 1.54) is 6.42 Å². The number of carbonyl (C=O) groups is 1. The molecule has 0 radical (unpaired) electrons. The van der Waals surface area contributed by atoms with Crippen molar-refractivity contribution in [2.75, 3.05) is 0 Å². The number of carbonyl (C=O) groups excluding carboxylic acids is 1. The summed E-state index contributed by atoms with van der Waals surface area (Å²) in [6, 6.07) is 0. The second-order valence-electron chi connectivity index (χ2n) is 4.86. The van der Waals surface area contributed by atoms with Crippen LogP contribution < -0.4 is 0 Å². The molecule has 1 saturated heterocycles. The highest BCUT2D eigenvalue weighted by Gasteiger charge is 2.50. The molecule has 0 aromatic carbocycles. The van der Waals surface area contributed by atoms with Gasteiger partial charge in [0.15, 0.2) is 0 Å². The molecule has 4 heteroatoms. The number of nitrogens with zero attached hydrogens (tertiary/aromatic N) is 1. The molecule has 1 aliphatic carbocycles. The van der Waals surface area contributed by atoms with Crippen LogP contribution in [0.2, 0.25) is 0 Å². The van der Waals surface area contributed by atoms with E-state index in [1.54, 1.807) is 6.33 Å². The smallest absolute Gasteiger partial charge is 0.307 e. The third-order valence-corrected chi connectivity index (χ3v) is 3.92. The number of aromatic nitrogens is 2. The lowest BCUT2D eigenvalue weighted by Gasteiger charge is -2.36. The van der Waals surface area contributed by atoms with E-state index >= 15 is 0 Å². The molecule has 2 aliphatic rings. The number of ether oxygens (including phenoxy) is 1. The molecular weight excluding hydrogens is 204 g/mol. The van der Waals surface area contributed by atoms with Crippen molar-refractivity contribution in [3.05, 3.63) is 18.2 Å². The fraction of sp³-hybridized carbons (Fsp3) is 0.667.